The van der Waals surface area contributed by atoms with Crippen molar-refractivity contribution in [3.63, 3.8) is 0 Å². The third-order valence-electron chi connectivity index (χ3n) is 2.57. The number of nitrogens with one attached hydrogen (secondary N) is 1. The van der Waals surface area contributed by atoms with Crippen LogP contribution in [0.25, 0.3) is 0 Å². The standard InChI is InChI=1S/C12H17NO2S/c1-5-10(14)8(3)13-12(15)11-6-7(2)9(4)16-11/h6,8H,5H2,1-4H3,(H,13,15). The van der Waals surface area contributed by atoms with Gasteiger partial charge in [-0.1, -0.05) is 6.92 Å². The first-order chi connectivity index (χ1) is 7.45. The number of carbonyl (C=O) groups excluding carboxylic acids is 2. The summed E-state index contributed by atoms with van der Waals surface area (Å²) < 4.78 is 0. The molecule has 0 aliphatic heterocycles. The molecule has 0 aliphatic carbocycles. The lowest BCUT2D eigenvalue weighted by Crippen LogP contribution is -2.37. The molecule has 1 rings (SSSR count). The van der Waals surface area contributed by atoms with Crippen molar-refractivity contribution >= 4 is 23.0 Å². The summed E-state index contributed by atoms with van der Waals surface area (Å²) in [7, 11) is 0. The SMILES string of the molecule is CCC(=O)C(C)NC(=O)c1cc(C)c(C)s1. The van der Waals surface area contributed by atoms with Crippen LogP contribution < -0.4 is 5.32 Å². The van der Waals surface area contributed by atoms with Gasteiger partial charge in [-0.05, 0) is 32.4 Å². The molecular weight excluding hydrogens is 222 g/mol. The molecule has 0 fully saturated rings. The van der Waals surface area contributed by atoms with Gasteiger partial charge in [-0.3, -0.25) is 9.59 Å². The van der Waals surface area contributed by atoms with Crippen LogP contribution in [0.15, 0.2) is 6.07 Å². The fourth-order valence-corrected chi connectivity index (χ4v) is 2.28. The molecule has 1 heterocycles. The fraction of sp³-hybridized carbons (Fsp3) is 0.500. The molecule has 4 heteroatoms. The minimum absolute atomic E-state index is 0.0540. The maximum atomic E-state index is 11.8. The lowest BCUT2D eigenvalue weighted by atomic mass is 10.1. The zero-order valence-corrected chi connectivity index (χ0v) is 10.9. The first kappa shape index (κ1) is 12.9. The molecule has 1 aromatic rings. The molecule has 3 nitrogen and oxygen atoms in total. The van der Waals surface area contributed by atoms with Gasteiger partial charge < -0.3 is 5.32 Å². The summed E-state index contributed by atoms with van der Waals surface area (Å²) in [6.07, 6.45) is 0.448. The highest BCUT2D eigenvalue weighted by molar-refractivity contribution is 7.14. The number of rotatable bonds is 4. The smallest absolute Gasteiger partial charge is 0.261 e. The Morgan fingerprint density at radius 2 is 2.06 bits per heavy atom. The number of thiophene rings is 1. The monoisotopic (exact) mass is 239 g/mol. The van der Waals surface area contributed by atoms with Crippen molar-refractivity contribution in [1.29, 1.82) is 0 Å². The molecule has 1 unspecified atom stereocenters. The molecule has 1 amide bonds. The summed E-state index contributed by atoms with van der Waals surface area (Å²) in [5.74, 6) is -0.103. The summed E-state index contributed by atoms with van der Waals surface area (Å²) in [6, 6.07) is 1.46. The second kappa shape index (κ2) is 5.25. The maximum absolute atomic E-state index is 11.8. The summed E-state index contributed by atoms with van der Waals surface area (Å²) in [5.41, 5.74) is 1.12. The second-order valence-electron chi connectivity index (χ2n) is 3.86. The van der Waals surface area contributed by atoms with Crippen molar-refractivity contribution in [2.75, 3.05) is 0 Å². The number of hydrogen-bond donors (Lipinski definition) is 1. The van der Waals surface area contributed by atoms with E-state index < -0.39 is 6.04 Å². The van der Waals surface area contributed by atoms with Gasteiger partial charge >= 0.3 is 0 Å². The summed E-state index contributed by atoms with van der Waals surface area (Å²) >= 11 is 1.46. The van der Waals surface area contributed by atoms with Gasteiger partial charge in [-0.15, -0.1) is 11.3 Å². The van der Waals surface area contributed by atoms with Crippen LogP contribution in [-0.2, 0) is 4.79 Å². The molecular formula is C12H17NO2S. The molecule has 1 atom stereocenters. The predicted molar refractivity (Wildman–Crippen MR) is 66.0 cm³/mol. The first-order valence-electron chi connectivity index (χ1n) is 5.36. The Kier molecular flexibility index (Phi) is 4.24. The van der Waals surface area contributed by atoms with E-state index in [0.717, 1.165) is 10.4 Å². The van der Waals surface area contributed by atoms with Gasteiger partial charge in [0.2, 0.25) is 0 Å². The Labute approximate surface area is 99.9 Å². The van der Waals surface area contributed by atoms with Crippen molar-refractivity contribution in [3.8, 4) is 0 Å². The van der Waals surface area contributed by atoms with Crippen LogP contribution in [0.2, 0.25) is 0 Å². The van der Waals surface area contributed by atoms with Gasteiger partial charge in [-0.25, -0.2) is 0 Å². The van der Waals surface area contributed by atoms with Crippen LogP contribution in [0.4, 0.5) is 0 Å². The van der Waals surface area contributed by atoms with Crippen molar-refractivity contribution in [2.24, 2.45) is 0 Å². The first-order valence-corrected chi connectivity index (χ1v) is 6.18. The minimum atomic E-state index is -0.403. The summed E-state index contributed by atoms with van der Waals surface area (Å²) in [6.45, 7) is 7.47. The van der Waals surface area contributed by atoms with Gasteiger partial charge in [-0.2, -0.15) is 0 Å². The van der Waals surface area contributed by atoms with Crippen LogP contribution in [0, 0.1) is 13.8 Å². The Hall–Kier alpha value is -1.16. The van der Waals surface area contributed by atoms with E-state index in [1.165, 1.54) is 11.3 Å². The summed E-state index contributed by atoms with van der Waals surface area (Å²) in [4.78, 5) is 24.9. The normalized spacial score (nSPS) is 12.2. The van der Waals surface area contributed by atoms with E-state index in [1.807, 2.05) is 19.9 Å². The highest BCUT2D eigenvalue weighted by Gasteiger charge is 2.16. The molecule has 16 heavy (non-hydrogen) atoms. The highest BCUT2D eigenvalue weighted by Crippen LogP contribution is 2.20. The van der Waals surface area contributed by atoms with Gasteiger partial charge in [0.25, 0.3) is 5.91 Å². The van der Waals surface area contributed by atoms with Crippen molar-refractivity contribution in [3.05, 3.63) is 21.4 Å². The maximum Gasteiger partial charge on any atom is 0.261 e. The topological polar surface area (TPSA) is 46.2 Å². The quantitative estimate of drug-likeness (QED) is 0.877. The Morgan fingerprint density at radius 3 is 2.50 bits per heavy atom. The largest absolute Gasteiger partial charge is 0.342 e. The van der Waals surface area contributed by atoms with Crippen LogP contribution in [0.3, 0.4) is 0 Å². The Bertz CT molecular complexity index is 390. The summed E-state index contributed by atoms with van der Waals surface area (Å²) in [5, 5.41) is 2.71. The average molecular weight is 239 g/mol. The third kappa shape index (κ3) is 2.92. The number of carbonyl (C=O) groups is 2. The molecule has 0 aromatic carbocycles. The molecule has 0 radical (unpaired) electrons. The second-order valence-corrected chi connectivity index (χ2v) is 5.12. The van der Waals surface area contributed by atoms with Crippen molar-refractivity contribution < 1.29 is 9.59 Å². The van der Waals surface area contributed by atoms with E-state index in [9.17, 15) is 9.59 Å². The minimum Gasteiger partial charge on any atom is -0.342 e. The molecule has 1 N–H and O–H groups in total. The van der Waals surface area contributed by atoms with E-state index in [0.29, 0.717) is 11.3 Å². The number of hydrogen-bond acceptors (Lipinski definition) is 3. The molecule has 0 saturated carbocycles. The van der Waals surface area contributed by atoms with Crippen LogP contribution in [0.1, 0.15) is 40.4 Å². The van der Waals surface area contributed by atoms with E-state index in [1.54, 1.807) is 13.8 Å². The van der Waals surface area contributed by atoms with Gasteiger partial charge in [0.05, 0.1) is 10.9 Å². The molecule has 1 aromatic heterocycles. The van der Waals surface area contributed by atoms with Gasteiger partial charge in [0.15, 0.2) is 5.78 Å². The number of aryl methyl sites for hydroxylation is 2. The molecule has 0 bridgehead atoms. The van der Waals surface area contributed by atoms with Crippen LogP contribution >= 0.6 is 11.3 Å². The van der Waals surface area contributed by atoms with Crippen molar-refractivity contribution in [1.82, 2.24) is 5.32 Å². The zero-order valence-electron chi connectivity index (χ0n) is 10.1. The Morgan fingerprint density at radius 1 is 1.44 bits per heavy atom. The van der Waals surface area contributed by atoms with Gasteiger partial charge in [0, 0.05) is 11.3 Å². The van der Waals surface area contributed by atoms with Crippen LogP contribution in [0.5, 0.6) is 0 Å². The molecule has 88 valence electrons. The van der Waals surface area contributed by atoms with Crippen LogP contribution in [-0.4, -0.2) is 17.7 Å². The number of amides is 1. The van der Waals surface area contributed by atoms with E-state index in [4.69, 9.17) is 0 Å². The van der Waals surface area contributed by atoms with Crippen molar-refractivity contribution in [2.45, 2.75) is 40.2 Å². The third-order valence-corrected chi connectivity index (χ3v) is 3.72. The molecule has 0 spiro atoms. The Balaban J connectivity index is 2.69. The molecule has 0 saturated heterocycles. The van der Waals surface area contributed by atoms with E-state index in [2.05, 4.69) is 5.32 Å². The highest BCUT2D eigenvalue weighted by atomic mass is 32.1. The zero-order chi connectivity index (χ0) is 12.3. The van der Waals surface area contributed by atoms with Gasteiger partial charge in [0.1, 0.15) is 0 Å². The average Bonchev–Trinajstić information content (AvgIpc) is 2.58. The number of ketones is 1. The molecule has 0 aliphatic rings. The van der Waals surface area contributed by atoms with E-state index in [-0.39, 0.29) is 11.7 Å². The predicted octanol–water partition coefficient (Wildman–Crippen LogP) is 2.46. The number of Topliss-reactive ketones (excluding diaryl/α,β-unsaturated/α-hetero) is 1. The van der Waals surface area contributed by atoms with E-state index >= 15 is 0 Å². The fourth-order valence-electron chi connectivity index (χ4n) is 1.34. The lowest BCUT2D eigenvalue weighted by molar-refractivity contribution is -0.120. The lowest BCUT2D eigenvalue weighted by Gasteiger charge is -2.10.